The van der Waals surface area contributed by atoms with Crippen LogP contribution in [-0.2, 0) is 4.79 Å². The van der Waals surface area contributed by atoms with E-state index in [-0.39, 0.29) is 17.7 Å². The topological polar surface area (TPSA) is 61.4 Å². The molecule has 0 spiro atoms. The Bertz CT molecular complexity index is 574. The first-order valence-corrected chi connectivity index (χ1v) is 8.42. The first-order chi connectivity index (χ1) is 11.4. The van der Waals surface area contributed by atoms with E-state index in [0.29, 0.717) is 11.5 Å². The molecular formula is C18H26FN3O2. The summed E-state index contributed by atoms with van der Waals surface area (Å²) in [4.78, 5) is 27.0. The minimum Gasteiger partial charge on any atom is -0.341 e. The highest BCUT2D eigenvalue weighted by Gasteiger charge is 2.33. The summed E-state index contributed by atoms with van der Waals surface area (Å²) < 4.78 is 13.0. The maximum absolute atomic E-state index is 13.0. The smallest absolute Gasteiger partial charge is 0.251 e. The van der Waals surface area contributed by atoms with Gasteiger partial charge in [0, 0.05) is 18.7 Å². The highest BCUT2D eigenvalue weighted by molar-refractivity contribution is 5.97. The Kier molecular flexibility index (Phi) is 6.31. The quantitative estimate of drug-likeness (QED) is 0.831. The zero-order chi connectivity index (χ0) is 17.7. The molecule has 1 aromatic carbocycles. The third kappa shape index (κ3) is 4.54. The van der Waals surface area contributed by atoms with Crippen molar-refractivity contribution in [1.29, 1.82) is 0 Å². The molecule has 0 bridgehead atoms. The summed E-state index contributed by atoms with van der Waals surface area (Å²) in [6.07, 6.45) is 0.975. The lowest BCUT2D eigenvalue weighted by Gasteiger charge is -2.27. The van der Waals surface area contributed by atoms with Gasteiger partial charge in [0.25, 0.3) is 5.91 Å². The number of hydrogen-bond acceptors (Lipinski definition) is 3. The first kappa shape index (κ1) is 18.4. The van der Waals surface area contributed by atoms with E-state index in [1.54, 1.807) is 0 Å². The number of likely N-dealkylation sites (tertiary alicyclic amines) is 1. The summed E-state index contributed by atoms with van der Waals surface area (Å²) in [7, 11) is 1.91. The van der Waals surface area contributed by atoms with Crippen molar-refractivity contribution >= 4 is 11.8 Å². The molecule has 1 aromatic rings. The molecule has 1 heterocycles. The summed E-state index contributed by atoms with van der Waals surface area (Å²) >= 11 is 0. The maximum Gasteiger partial charge on any atom is 0.251 e. The van der Waals surface area contributed by atoms with Gasteiger partial charge >= 0.3 is 0 Å². The van der Waals surface area contributed by atoms with Gasteiger partial charge in [0.15, 0.2) is 0 Å². The van der Waals surface area contributed by atoms with Crippen molar-refractivity contribution in [2.75, 3.05) is 26.7 Å². The first-order valence-electron chi connectivity index (χ1n) is 8.42. The minimum absolute atomic E-state index is 0.0229. The molecule has 132 valence electrons. The number of amides is 2. The van der Waals surface area contributed by atoms with Gasteiger partial charge in [0.1, 0.15) is 11.9 Å². The zero-order valence-electron chi connectivity index (χ0n) is 14.5. The van der Waals surface area contributed by atoms with E-state index in [9.17, 15) is 14.0 Å². The van der Waals surface area contributed by atoms with E-state index in [4.69, 9.17) is 0 Å². The van der Waals surface area contributed by atoms with Crippen LogP contribution in [0.3, 0.4) is 0 Å². The van der Waals surface area contributed by atoms with E-state index in [0.717, 1.165) is 26.1 Å². The fourth-order valence-corrected chi connectivity index (χ4v) is 3.02. The second-order valence-corrected chi connectivity index (χ2v) is 6.70. The van der Waals surface area contributed by atoms with Crippen LogP contribution in [0, 0.1) is 17.7 Å². The van der Waals surface area contributed by atoms with Gasteiger partial charge in [-0.3, -0.25) is 9.59 Å². The normalized spacial score (nSPS) is 18.7. The number of nitrogens with one attached hydrogen (secondary N) is 2. The predicted octanol–water partition coefficient (Wildman–Crippen LogP) is 1.65. The second-order valence-electron chi connectivity index (χ2n) is 6.70. The molecule has 1 aliphatic heterocycles. The zero-order valence-corrected chi connectivity index (χ0v) is 14.5. The van der Waals surface area contributed by atoms with Crippen LogP contribution >= 0.6 is 0 Å². The highest BCUT2D eigenvalue weighted by atomic mass is 19.1. The summed E-state index contributed by atoms with van der Waals surface area (Å²) in [5.41, 5.74) is 0.351. The molecule has 0 aliphatic carbocycles. The van der Waals surface area contributed by atoms with Crippen molar-refractivity contribution in [3.63, 3.8) is 0 Å². The van der Waals surface area contributed by atoms with Crippen LogP contribution in [0.25, 0.3) is 0 Å². The van der Waals surface area contributed by atoms with E-state index in [1.807, 2.05) is 25.8 Å². The molecule has 6 heteroatoms. The lowest BCUT2D eigenvalue weighted by molar-refractivity contribution is -0.133. The molecule has 1 saturated heterocycles. The van der Waals surface area contributed by atoms with Crippen LogP contribution in [0.4, 0.5) is 4.39 Å². The molecule has 2 N–H and O–H groups in total. The van der Waals surface area contributed by atoms with Crippen molar-refractivity contribution < 1.29 is 14.0 Å². The van der Waals surface area contributed by atoms with E-state index in [2.05, 4.69) is 10.6 Å². The van der Waals surface area contributed by atoms with Crippen molar-refractivity contribution in [3.8, 4) is 0 Å². The van der Waals surface area contributed by atoms with Gasteiger partial charge in [0.2, 0.25) is 5.91 Å². The lowest BCUT2D eigenvalue weighted by atomic mass is 10.0. The van der Waals surface area contributed by atoms with Crippen molar-refractivity contribution in [2.24, 2.45) is 11.8 Å². The average molecular weight is 335 g/mol. The fraction of sp³-hybridized carbons (Fsp3) is 0.556. The monoisotopic (exact) mass is 335 g/mol. The van der Waals surface area contributed by atoms with Crippen LogP contribution in [0.5, 0.6) is 0 Å². The summed E-state index contributed by atoms with van der Waals surface area (Å²) in [5.74, 6) is -0.354. The Labute approximate surface area is 142 Å². The SMILES string of the molecule is CNCC1CCN(C(=O)C(NC(=O)c2ccc(F)cc2)C(C)C)C1. The van der Waals surface area contributed by atoms with Crippen LogP contribution < -0.4 is 10.6 Å². The number of carbonyl (C=O) groups is 2. The molecular weight excluding hydrogens is 309 g/mol. The highest BCUT2D eigenvalue weighted by Crippen LogP contribution is 2.18. The Balaban J connectivity index is 2.02. The molecule has 5 nitrogen and oxygen atoms in total. The number of hydrogen-bond donors (Lipinski definition) is 2. The number of halogens is 1. The van der Waals surface area contributed by atoms with E-state index in [1.165, 1.54) is 24.3 Å². The molecule has 2 rings (SSSR count). The molecule has 1 fully saturated rings. The average Bonchev–Trinajstić information content (AvgIpc) is 3.01. The second kappa shape index (κ2) is 8.24. The fourth-order valence-electron chi connectivity index (χ4n) is 3.02. The molecule has 24 heavy (non-hydrogen) atoms. The van der Waals surface area contributed by atoms with Crippen LogP contribution in [-0.4, -0.2) is 49.4 Å². The Morgan fingerprint density at radius 1 is 1.29 bits per heavy atom. The largest absolute Gasteiger partial charge is 0.341 e. The van der Waals surface area contributed by atoms with Gasteiger partial charge in [-0.1, -0.05) is 13.8 Å². The molecule has 2 amide bonds. The maximum atomic E-state index is 13.0. The molecule has 0 saturated carbocycles. The Morgan fingerprint density at radius 3 is 2.54 bits per heavy atom. The van der Waals surface area contributed by atoms with Crippen molar-refractivity contribution in [1.82, 2.24) is 15.5 Å². The molecule has 0 aromatic heterocycles. The van der Waals surface area contributed by atoms with Gasteiger partial charge in [0.05, 0.1) is 0 Å². The van der Waals surface area contributed by atoms with Crippen LogP contribution in [0.15, 0.2) is 24.3 Å². The number of rotatable bonds is 6. The third-order valence-corrected chi connectivity index (χ3v) is 4.42. The minimum atomic E-state index is -0.573. The van der Waals surface area contributed by atoms with E-state index >= 15 is 0 Å². The lowest BCUT2D eigenvalue weighted by Crippen LogP contribution is -2.50. The van der Waals surface area contributed by atoms with Crippen molar-refractivity contribution in [3.05, 3.63) is 35.6 Å². The van der Waals surface area contributed by atoms with Gasteiger partial charge in [-0.2, -0.15) is 0 Å². The third-order valence-electron chi connectivity index (χ3n) is 4.42. The van der Waals surface area contributed by atoms with Crippen molar-refractivity contribution in [2.45, 2.75) is 26.3 Å². The van der Waals surface area contributed by atoms with Gasteiger partial charge in [-0.25, -0.2) is 4.39 Å². The Hall–Kier alpha value is -1.95. The number of nitrogens with zero attached hydrogens (tertiary/aromatic N) is 1. The standard InChI is InChI=1S/C18H26FN3O2/c1-12(2)16(18(24)22-9-8-13(11-22)10-20-3)21-17(23)14-4-6-15(19)7-5-14/h4-7,12-13,16,20H,8-11H2,1-3H3,(H,21,23). The van der Waals surface area contributed by atoms with E-state index < -0.39 is 11.9 Å². The molecule has 2 atom stereocenters. The van der Waals surface area contributed by atoms with Gasteiger partial charge in [-0.05, 0) is 56.1 Å². The number of benzene rings is 1. The van der Waals surface area contributed by atoms with Crippen LogP contribution in [0.1, 0.15) is 30.6 Å². The summed E-state index contributed by atoms with van der Waals surface area (Å²) in [6, 6.07) is 4.75. The molecule has 2 unspecified atom stereocenters. The Morgan fingerprint density at radius 2 is 1.96 bits per heavy atom. The summed E-state index contributed by atoms with van der Waals surface area (Å²) in [6.45, 7) is 6.15. The van der Waals surface area contributed by atoms with Crippen LogP contribution in [0.2, 0.25) is 0 Å². The predicted molar refractivity (Wildman–Crippen MR) is 91.1 cm³/mol. The number of carbonyl (C=O) groups excluding carboxylic acids is 2. The molecule has 1 aliphatic rings. The van der Waals surface area contributed by atoms with Gasteiger partial charge < -0.3 is 15.5 Å². The van der Waals surface area contributed by atoms with Gasteiger partial charge in [-0.15, -0.1) is 0 Å². The summed E-state index contributed by atoms with van der Waals surface area (Å²) in [5, 5.41) is 5.95. The molecule has 0 radical (unpaired) electrons.